The van der Waals surface area contributed by atoms with E-state index in [1.165, 1.54) is 19.3 Å². The second kappa shape index (κ2) is 3.19. The Bertz CT molecular complexity index is 262. The van der Waals surface area contributed by atoms with Crippen LogP contribution >= 0.6 is 0 Å². The highest BCUT2D eigenvalue weighted by molar-refractivity contribution is 5.12. The van der Waals surface area contributed by atoms with Gasteiger partial charge in [-0.25, -0.2) is 0 Å². The summed E-state index contributed by atoms with van der Waals surface area (Å²) in [6, 6.07) is 0. The van der Waals surface area contributed by atoms with Crippen LogP contribution in [0.25, 0.3) is 0 Å². The second-order valence-electron chi connectivity index (χ2n) is 5.77. The average Bonchev–Trinajstić information content (AvgIpc) is 2.91. The van der Waals surface area contributed by atoms with E-state index in [9.17, 15) is 5.11 Å². The van der Waals surface area contributed by atoms with Crippen molar-refractivity contribution in [2.45, 2.75) is 37.7 Å². The van der Waals surface area contributed by atoms with E-state index >= 15 is 0 Å². The molecule has 3 aliphatic rings. The van der Waals surface area contributed by atoms with E-state index in [1.54, 1.807) is 0 Å². The third-order valence-electron chi connectivity index (χ3n) is 5.27. The molecule has 1 saturated heterocycles. The molecule has 0 radical (unpaired) electrons. The highest BCUT2D eigenvalue weighted by Gasteiger charge is 2.61. The number of rotatable bonds is 2. The van der Waals surface area contributed by atoms with Gasteiger partial charge < -0.3 is 15.6 Å². The Balaban J connectivity index is 1.92. The third-order valence-corrected chi connectivity index (χ3v) is 5.27. The lowest BCUT2D eigenvalue weighted by Crippen LogP contribution is -2.56. The molecule has 3 fully saturated rings. The van der Waals surface area contributed by atoms with Crippen LogP contribution in [0.5, 0.6) is 0 Å². The van der Waals surface area contributed by atoms with Gasteiger partial charge in [0.1, 0.15) is 0 Å². The summed E-state index contributed by atoms with van der Waals surface area (Å²) in [6.45, 7) is 1.84. The monoisotopic (exact) mass is 211 g/mol. The van der Waals surface area contributed by atoms with Gasteiger partial charge in [0.15, 0.2) is 0 Å². The lowest BCUT2D eigenvalue weighted by Gasteiger charge is -2.47. The predicted molar refractivity (Wildman–Crippen MR) is 57.3 cm³/mol. The molecule has 15 heavy (non-hydrogen) atoms. The van der Waals surface area contributed by atoms with Crippen LogP contribution in [0.15, 0.2) is 0 Å². The average molecular weight is 211 g/mol. The molecule has 4 atom stereocenters. The number of ether oxygens (including phenoxy) is 1. The van der Waals surface area contributed by atoms with E-state index in [0.717, 1.165) is 18.8 Å². The largest absolute Gasteiger partial charge is 0.387 e. The second-order valence-corrected chi connectivity index (χ2v) is 5.77. The molecular formula is C12H21NO2. The summed E-state index contributed by atoms with van der Waals surface area (Å²) >= 11 is 0. The summed E-state index contributed by atoms with van der Waals surface area (Å²) in [4.78, 5) is 0. The van der Waals surface area contributed by atoms with Crippen LogP contribution in [0.2, 0.25) is 0 Å². The van der Waals surface area contributed by atoms with Crippen LogP contribution in [-0.2, 0) is 4.74 Å². The summed E-state index contributed by atoms with van der Waals surface area (Å²) in [7, 11) is 0. The zero-order valence-electron chi connectivity index (χ0n) is 9.24. The van der Waals surface area contributed by atoms with Gasteiger partial charge in [0.05, 0.1) is 12.2 Å². The van der Waals surface area contributed by atoms with Gasteiger partial charge in [-0.05, 0) is 31.1 Å². The number of hydrogen-bond donors (Lipinski definition) is 2. The van der Waals surface area contributed by atoms with Crippen molar-refractivity contribution >= 4 is 0 Å². The smallest absolute Gasteiger partial charge is 0.0972 e. The van der Waals surface area contributed by atoms with Gasteiger partial charge in [0, 0.05) is 25.0 Å². The quantitative estimate of drug-likeness (QED) is 0.713. The first-order chi connectivity index (χ1) is 7.20. The van der Waals surface area contributed by atoms with Crippen molar-refractivity contribution in [3.8, 4) is 0 Å². The van der Waals surface area contributed by atoms with Crippen molar-refractivity contribution in [1.82, 2.24) is 0 Å². The maximum atomic E-state index is 10.8. The molecule has 2 bridgehead atoms. The molecule has 3 N–H and O–H groups in total. The molecule has 0 aromatic carbocycles. The molecule has 0 spiro atoms. The third kappa shape index (κ3) is 1.17. The molecule has 86 valence electrons. The zero-order valence-corrected chi connectivity index (χ0v) is 9.24. The Hall–Kier alpha value is -0.120. The molecule has 2 saturated carbocycles. The Morgan fingerprint density at radius 2 is 2.27 bits per heavy atom. The molecular weight excluding hydrogens is 190 g/mol. The lowest BCUT2D eigenvalue weighted by molar-refractivity contribution is -0.110. The molecule has 2 aliphatic carbocycles. The van der Waals surface area contributed by atoms with Gasteiger partial charge in [-0.2, -0.15) is 0 Å². The van der Waals surface area contributed by atoms with E-state index in [-0.39, 0.29) is 5.41 Å². The Morgan fingerprint density at radius 3 is 2.73 bits per heavy atom. The molecule has 3 nitrogen and oxygen atoms in total. The fourth-order valence-electron chi connectivity index (χ4n) is 4.40. The van der Waals surface area contributed by atoms with Crippen LogP contribution in [0.1, 0.15) is 32.1 Å². The van der Waals surface area contributed by atoms with Crippen molar-refractivity contribution in [2.24, 2.45) is 23.0 Å². The fourth-order valence-corrected chi connectivity index (χ4v) is 4.40. The molecule has 1 heterocycles. The zero-order chi connectivity index (χ0) is 10.5. The minimum atomic E-state index is -0.623. The molecule has 0 amide bonds. The van der Waals surface area contributed by atoms with Crippen LogP contribution in [0, 0.1) is 17.3 Å². The molecule has 3 heteroatoms. The first kappa shape index (κ1) is 10.1. The van der Waals surface area contributed by atoms with E-state index in [4.69, 9.17) is 10.5 Å². The van der Waals surface area contributed by atoms with Gasteiger partial charge in [-0.1, -0.05) is 6.42 Å². The Kier molecular flexibility index (Phi) is 2.14. The summed E-state index contributed by atoms with van der Waals surface area (Å²) in [5, 5.41) is 10.8. The van der Waals surface area contributed by atoms with E-state index in [2.05, 4.69) is 0 Å². The minimum Gasteiger partial charge on any atom is -0.387 e. The normalized spacial score (nSPS) is 54.0. The van der Waals surface area contributed by atoms with Crippen molar-refractivity contribution in [3.63, 3.8) is 0 Å². The number of fused-ring (bicyclic) bond motifs is 2. The summed E-state index contributed by atoms with van der Waals surface area (Å²) in [5.41, 5.74) is 5.36. The van der Waals surface area contributed by atoms with Crippen molar-refractivity contribution in [3.05, 3.63) is 0 Å². The summed E-state index contributed by atoms with van der Waals surface area (Å²) in [6.07, 6.45) is 5.83. The predicted octanol–water partition coefficient (Wildman–Crippen LogP) is 0.903. The van der Waals surface area contributed by atoms with E-state index < -0.39 is 5.60 Å². The van der Waals surface area contributed by atoms with Crippen LogP contribution < -0.4 is 5.73 Å². The van der Waals surface area contributed by atoms with Crippen LogP contribution in [-0.4, -0.2) is 30.5 Å². The Morgan fingerprint density at radius 1 is 1.40 bits per heavy atom. The van der Waals surface area contributed by atoms with Gasteiger partial charge in [-0.3, -0.25) is 0 Å². The van der Waals surface area contributed by atoms with Crippen LogP contribution in [0.4, 0.5) is 0 Å². The fraction of sp³-hybridized carbons (Fsp3) is 1.00. The molecule has 0 aromatic rings. The van der Waals surface area contributed by atoms with Crippen molar-refractivity contribution in [2.75, 3.05) is 19.8 Å². The molecule has 3 rings (SSSR count). The number of nitrogens with two attached hydrogens (primary N) is 1. The van der Waals surface area contributed by atoms with Gasteiger partial charge in [0.2, 0.25) is 0 Å². The Labute approximate surface area is 91.0 Å². The molecule has 4 unspecified atom stereocenters. The van der Waals surface area contributed by atoms with Crippen molar-refractivity contribution < 1.29 is 9.84 Å². The number of aliphatic hydroxyl groups is 1. The van der Waals surface area contributed by atoms with E-state index in [1.807, 2.05) is 0 Å². The van der Waals surface area contributed by atoms with Crippen LogP contribution in [0.3, 0.4) is 0 Å². The van der Waals surface area contributed by atoms with E-state index in [0.29, 0.717) is 25.7 Å². The highest BCUT2D eigenvalue weighted by atomic mass is 16.5. The topological polar surface area (TPSA) is 55.5 Å². The standard InChI is InChI=1S/C12H21NO2/c13-7-11(12(14)3-4-15-8-12)6-9-1-2-10(11)5-9/h9-10,14H,1-8,13H2. The van der Waals surface area contributed by atoms with Gasteiger partial charge in [0.25, 0.3) is 0 Å². The lowest BCUT2D eigenvalue weighted by atomic mass is 9.62. The SMILES string of the molecule is NCC1(C2(O)CCOC2)CC2CCC1C2. The maximum Gasteiger partial charge on any atom is 0.0972 e. The summed E-state index contributed by atoms with van der Waals surface area (Å²) < 4.78 is 5.40. The molecule has 0 aromatic heterocycles. The van der Waals surface area contributed by atoms with Gasteiger partial charge in [-0.15, -0.1) is 0 Å². The van der Waals surface area contributed by atoms with Gasteiger partial charge >= 0.3 is 0 Å². The first-order valence-corrected chi connectivity index (χ1v) is 6.20. The maximum absolute atomic E-state index is 10.8. The molecule has 1 aliphatic heterocycles. The first-order valence-electron chi connectivity index (χ1n) is 6.20. The summed E-state index contributed by atoms with van der Waals surface area (Å²) in [5.74, 6) is 1.47. The highest BCUT2D eigenvalue weighted by Crippen LogP contribution is 2.61. The van der Waals surface area contributed by atoms with Crippen molar-refractivity contribution in [1.29, 1.82) is 0 Å². The minimum absolute atomic E-state index is 0.0214. The number of hydrogen-bond acceptors (Lipinski definition) is 3.